The fraction of sp³-hybridized carbons (Fsp3) is 0.933. The maximum Gasteiger partial charge on any atom is 0.307 e. The Labute approximate surface area is 113 Å². The van der Waals surface area contributed by atoms with Gasteiger partial charge in [0.1, 0.15) is 0 Å². The molecule has 1 N–H and O–H groups in total. The Hall–Kier alpha value is -0.570. The third-order valence-electron chi connectivity index (χ3n) is 3.68. The summed E-state index contributed by atoms with van der Waals surface area (Å²) in [6.07, 6.45) is 2.27. The van der Waals surface area contributed by atoms with E-state index in [0.717, 1.165) is 25.9 Å². The Morgan fingerprint density at radius 2 is 1.33 bits per heavy atom. The minimum Gasteiger partial charge on any atom is -0.481 e. The van der Waals surface area contributed by atoms with Crippen LogP contribution < -0.4 is 0 Å². The minimum atomic E-state index is -0.693. The molecule has 3 nitrogen and oxygen atoms in total. The predicted molar refractivity (Wildman–Crippen MR) is 76.7 cm³/mol. The topological polar surface area (TPSA) is 40.5 Å². The Morgan fingerprint density at radius 3 is 1.61 bits per heavy atom. The highest BCUT2D eigenvalue weighted by Gasteiger charge is 2.25. The van der Waals surface area contributed by atoms with Crippen LogP contribution in [0.4, 0.5) is 0 Å². The average molecular weight is 257 g/mol. The van der Waals surface area contributed by atoms with E-state index in [2.05, 4.69) is 32.6 Å². The monoisotopic (exact) mass is 257 g/mol. The first-order valence-corrected chi connectivity index (χ1v) is 7.22. The molecule has 0 rings (SSSR count). The van der Waals surface area contributed by atoms with E-state index in [4.69, 9.17) is 5.11 Å². The van der Waals surface area contributed by atoms with Gasteiger partial charge in [0.05, 0.1) is 5.92 Å². The lowest BCUT2D eigenvalue weighted by molar-refractivity contribution is -0.143. The van der Waals surface area contributed by atoms with Gasteiger partial charge in [-0.1, -0.05) is 34.6 Å². The van der Waals surface area contributed by atoms with Crippen LogP contribution in [0.15, 0.2) is 0 Å². The van der Waals surface area contributed by atoms with Crippen molar-refractivity contribution in [3.05, 3.63) is 0 Å². The fourth-order valence-corrected chi connectivity index (χ4v) is 1.89. The van der Waals surface area contributed by atoms with Gasteiger partial charge in [0, 0.05) is 6.04 Å². The molecular formula is C15H31NO2. The van der Waals surface area contributed by atoms with Crippen LogP contribution in [-0.4, -0.2) is 35.1 Å². The SMILES string of the molecule is CC(C)CCN(CCC(C)C)C(C)C(C)C(=O)O. The molecule has 2 atom stereocenters. The van der Waals surface area contributed by atoms with Gasteiger partial charge in [0.2, 0.25) is 0 Å². The second-order valence-electron chi connectivity index (χ2n) is 6.27. The minimum absolute atomic E-state index is 0.111. The second kappa shape index (κ2) is 8.52. The molecule has 0 saturated carbocycles. The molecule has 3 heteroatoms. The van der Waals surface area contributed by atoms with E-state index in [0.29, 0.717) is 11.8 Å². The number of carboxylic acids is 1. The van der Waals surface area contributed by atoms with Crippen LogP contribution in [0.25, 0.3) is 0 Å². The van der Waals surface area contributed by atoms with Gasteiger partial charge < -0.3 is 5.11 Å². The maximum atomic E-state index is 11.1. The first kappa shape index (κ1) is 17.4. The molecule has 2 unspecified atom stereocenters. The molecule has 0 bridgehead atoms. The van der Waals surface area contributed by atoms with Crippen molar-refractivity contribution in [2.75, 3.05) is 13.1 Å². The highest BCUT2D eigenvalue weighted by molar-refractivity contribution is 5.70. The van der Waals surface area contributed by atoms with Gasteiger partial charge in [-0.25, -0.2) is 0 Å². The number of rotatable bonds is 9. The number of carboxylic acid groups (broad SMARTS) is 1. The van der Waals surface area contributed by atoms with Crippen LogP contribution in [0.5, 0.6) is 0 Å². The number of carbonyl (C=O) groups is 1. The van der Waals surface area contributed by atoms with Gasteiger partial charge in [0.15, 0.2) is 0 Å². The van der Waals surface area contributed by atoms with Crippen molar-refractivity contribution in [3.8, 4) is 0 Å². The summed E-state index contributed by atoms with van der Waals surface area (Å²) in [4.78, 5) is 13.4. The van der Waals surface area contributed by atoms with Crippen molar-refractivity contribution >= 4 is 5.97 Å². The van der Waals surface area contributed by atoms with E-state index in [1.165, 1.54) is 0 Å². The molecule has 0 aliphatic carbocycles. The normalized spacial score (nSPS) is 15.4. The number of aliphatic carboxylic acids is 1. The number of nitrogens with zero attached hydrogens (tertiary/aromatic N) is 1. The zero-order chi connectivity index (χ0) is 14.3. The van der Waals surface area contributed by atoms with Crippen LogP contribution in [0, 0.1) is 17.8 Å². The second-order valence-corrected chi connectivity index (χ2v) is 6.27. The van der Waals surface area contributed by atoms with Crippen molar-refractivity contribution in [2.24, 2.45) is 17.8 Å². The van der Waals surface area contributed by atoms with E-state index >= 15 is 0 Å². The van der Waals surface area contributed by atoms with Crippen LogP contribution >= 0.6 is 0 Å². The summed E-state index contributed by atoms with van der Waals surface area (Å²) in [7, 11) is 0. The van der Waals surface area contributed by atoms with Gasteiger partial charge in [-0.3, -0.25) is 9.69 Å². The molecule has 108 valence electrons. The van der Waals surface area contributed by atoms with E-state index in [9.17, 15) is 4.79 Å². The summed E-state index contributed by atoms with van der Waals surface area (Å²) >= 11 is 0. The summed E-state index contributed by atoms with van der Waals surface area (Å²) in [5, 5.41) is 9.13. The zero-order valence-electron chi connectivity index (χ0n) is 12.9. The van der Waals surface area contributed by atoms with Gasteiger partial charge >= 0.3 is 5.97 Å². The molecule has 0 fully saturated rings. The average Bonchev–Trinajstić information content (AvgIpc) is 2.26. The van der Waals surface area contributed by atoms with Crippen LogP contribution in [0.3, 0.4) is 0 Å². The third-order valence-corrected chi connectivity index (χ3v) is 3.68. The third kappa shape index (κ3) is 7.00. The number of hydrogen-bond acceptors (Lipinski definition) is 2. The molecule has 0 heterocycles. The molecule has 0 saturated heterocycles. The van der Waals surface area contributed by atoms with Gasteiger partial charge in [-0.15, -0.1) is 0 Å². The molecule has 0 aliphatic rings. The molecule has 0 aromatic heterocycles. The lowest BCUT2D eigenvalue weighted by Gasteiger charge is -2.32. The summed E-state index contributed by atoms with van der Waals surface area (Å²) < 4.78 is 0. The number of hydrogen-bond donors (Lipinski definition) is 1. The lowest BCUT2D eigenvalue weighted by Crippen LogP contribution is -2.42. The fourth-order valence-electron chi connectivity index (χ4n) is 1.89. The Morgan fingerprint density at radius 1 is 0.944 bits per heavy atom. The van der Waals surface area contributed by atoms with Gasteiger partial charge in [-0.05, 0) is 44.7 Å². The first-order valence-electron chi connectivity index (χ1n) is 7.22. The van der Waals surface area contributed by atoms with Gasteiger partial charge in [0.25, 0.3) is 0 Å². The van der Waals surface area contributed by atoms with Crippen LogP contribution in [0.2, 0.25) is 0 Å². The summed E-state index contributed by atoms with van der Waals surface area (Å²) in [5.41, 5.74) is 0. The highest BCUT2D eigenvalue weighted by atomic mass is 16.4. The molecule has 0 spiro atoms. The standard InChI is InChI=1S/C15H31NO2/c1-11(2)7-9-16(10-8-12(3)4)14(6)13(5)15(17)18/h11-14H,7-10H2,1-6H3,(H,17,18). The smallest absolute Gasteiger partial charge is 0.307 e. The zero-order valence-corrected chi connectivity index (χ0v) is 12.9. The summed E-state index contributed by atoms with van der Waals surface area (Å²) in [5.74, 6) is 0.337. The quantitative estimate of drug-likeness (QED) is 0.687. The van der Waals surface area contributed by atoms with E-state index < -0.39 is 5.97 Å². The molecule has 0 aromatic carbocycles. The largest absolute Gasteiger partial charge is 0.481 e. The van der Waals surface area contributed by atoms with Crippen molar-refractivity contribution in [1.29, 1.82) is 0 Å². The Bertz CT molecular complexity index is 227. The molecule has 0 radical (unpaired) electrons. The predicted octanol–water partition coefficient (Wildman–Crippen LogP) is 3.49. The molecule has 0 amide bonds. The summed E-state index contributed by atoms with van der Waals surface area (Å²) in [6.45, 7) is 14.7. The lowest BCUT2D eigenvalue weighted by atomic mass is 10.00. The molecule has 0 aliphatic heterocycles. The van der Waals surface area contributed by atoms with Crippen molar-refractivity contribution in [3.63, 3.8) is 0 Å². The van der Waals surface area contributed by atoms with E-state index in [1.807, 2.05) is 13.8 Å². The van der Waals surface area contributed by atoms with Crippen LogP contribution in [-0.2, 0) is 4.79 Å². The maximum absolute atomic E-state index is 11.1. The van der Waals surface area contributed by atoms with Gasteiger partial charge in [-0.2, -0.15) is 0 Å². The molecule has 18 heavy (non-hydrogen) atoms. The Balaban J connectivity index is 4.47. The van der Waals surface area contributed by atoms with Crippen molar-refractivity contribution in [1.82, 2.24) is 4.90 Å². The first-order chi connectivity index (χ1) is 8.25. The highest BCUT2D eigenvalue weighted by Crippen LogP contribution is 2.15. The summed E-state index contributed by atoms with van der Waals surface area (Å²) in [6, 6.07) is 0.111. The van der Waals surface area contributed by atoms with Crippen LogP contribution in [0.1, 0.15) is 54.4 Å². The molecule has 0 aromatic rings. The van der Waals surface area contributed by atoms with Crippen molar-refractivity contribution < 1.29 is 9.90 Å². The van der Waals surface area contributed by atoms with E-state index in [-0.39, 0.29) is 12.0 Å². The Kier molecular flexibility index (Phi) is 8.25. The van der Waals surface area contributed by atoms with E-state index in [1.54, 1.807) is 0 Å². The molecular weight excluding hydrogens is 226 g/mol. The van der Waals surface area contributed by atoms with Crippen molar-refractivity contribution in [2.45, 2.75) is 60.4 Å².